The molecule has 2 atom stereocenters. The predicted octanol–water partition coefficient (Wildman–Crippen LogP) is 3.35. The van der Waals surface area contributed by atoms with Crippen molar-refractivity contribution in [3.05, 3.63) is 17.8 Å². The summed E-state index contributed by atoms with van der Waals surface area (Å²) in [5.74, 6) is 1.73. The fraction of sp³-hybridized carbons (Fsp3) is 0.643. The van der Waals surface area contributed by atoms with Crippen molar-refractivity contribution in [2.24, 2.45) is 5.92 Å². The molecule has 3 heteroatoms. The second-order valence-electron chi connectivity index (χ2n) is 5.34. The van der Waals surface area contributed by atoms with Crippen LogP contribution >= 0.6 is 0 Å². The number of hydrogen-bond donors (Lipinski definition) is 2. The molecule has 0 aliphatic heterocycles. The third kappa shape index (κ3) is 3.11. The van der Waals surface area contributed by atoms with Crippen molar-refractivity contribution in [1.82, 2.24) is 4.98 Å². The Balaban J connectivity index is 2.02. The molecule has 1 aromatic rings. The Bertz CT molecular complexity index is 376. The van der Waals surface area contributed by atoms with Crippen LogP contribution in [0.3, 0.4) is 0 Å². The van der Waals surface area contributed by atoms with Gasteiger partial charge in [-0.25, -0.2) is 4.98 Å². The zero-order valence-electron chi connectivity index (χ0n) is 10.9. The molecule has 94 valence electrons. The summed E-state index contributed by atoms with van der Waals surface area (Å²) in [4.78, 5) is 4.35. The average molecular weight is 233 g/mol. The molecule has 3 N–H and O–H groups in total. The molecular formula is C14H23N3. The molecule has 0 aromatic carbocycles. The Morgan fingerprint density at radius 2 is 2.12 bits per heavy atom. The van der Waals surface area contributed by atoms with Crippen LogP contribution in [0, 0.1) is 12.8 Å². The quantitative estimate of drug-likeness (QED) is 0.770. The second-order valence-corrected chi connectivity index (χ2v) is 5.34. The normalized spacial score (nSPS) is 25.3. The van der Waals surface area contributed by atoms with E-state index in [1.807, 2.05) is 19.2 Å². The van der Waals surface area contributed by atoms with Crippen LogP contribution in [0.5, 0.6) is 0 Å². The zero-order chi connectivity index (χ0) is 12.3. The van der Waals surface area contributed by atoms with Crippen LogP contribution in [-0.2, 0) is 0 Å². The number of anilines is 2. The number of aryl methyl sites for hydroxylation is 1. The van der Waals surface area contributed by atoms with Crippen molar-refractivity contribution >= 4 is 11.5 Å². The molecule has 1 aromatic heterocycles. The molecule has 1 heterocycles. The molecule has 0 bridgehead atoms. The lowest BCUT2D eigenvalue weighted by Gasteiger charge is -2.18. The molecule has 1 aliphatic rings. The Hall–Kier alpha value is -1.25. The van der Waals surface area contributed by atoms with Gasteiger partial charge in [-0.15, -0.1) is 0 Å². The third-order valence-corrected chi connectivity index (χ3v) is 3.81. The van der Waals surface area contributed by atoms with Gasteiger partial charge < -0.3 is 11.1 Å². The minimum Gasteiger partial charge on any atom is -0.396 e. The van der Waals surface area contributed by atoms with Gasteiger partial charge in [-0.05, 0) is 43.7 Å². The molecule has 3 nitrogen and oxygen atoms in total. The van der Waals surface area contributed by atoms with Crippen LogP contribution in [0.4, 0.5) is 11.5 Å². The summed E-state index contributed by atoms with van der Waals surface area (Å²) >= 11 is 0. The lowest BCUT2D eigenvalue weighted by atomic mass is 10.0. The van der Waals surface area contributed by atoms with Crippen LogP contribution in [0.25, 0.3) is 0 Å². The fourth-order valence-corrected chi connectivity index (χ4v) is 2.51. The summed E-state index contributed by atoms with van der Waals surface area (Å²) in [6.45, 7) is 4.37. The van der Waals surface area contributed by atoms with E-state index in [1.165, 1.54) is 32.1 Å². The van der Waals surface area contributed by atoms with Crippen LogP contribution in [0.1, 0.15) is 44.6 Å². The molecular weight excluding hydrogens is 210 g/mol. The van der Waals surface area contributed by atoms with Gasteiger partial charge in [0, 0.05) is 12.2 Å². The van der Waals surface area contributed by atoms with Crippen molar-refractivity contribution in [2.45, 2.75) is 52.0 Å². The molecule has 2 unspecified atom stereocenters. The largest absolute Gasteiger partial charge is 0.396 e. The number of hydrogen-bond acceptors (Lipinski definition) is 3. The van der Waals surface area contributed by atoms with Gasteiger partial charge in [0.1, 0.15) is 5.82 Å². The van der Waals surface area contributed by atoms with Crippen LogP contribution in [0.2, 0.25) is 0 Å². The van der Waals surface area contributed by atoms with E-state index in [0.717, 1.165) is 23.0 Å². The first-order valence-corrected chi connectivity index (χ1v) is 6.64. The van der Waals surface area contributed by atoms with E-state index in [0.29, 0.717) is 6.04 Å². The minimum absolute atomic E-state index is 0.538. The number of rotatable bonds is 2. The maximum Gasteiger partial charge on any atom is 0.149 e. The van der Waals surface area contributed by atoms with E-state index < -0.39 is 0 Å². The summed E-state index contributed by atoms with van der Waals surface area (Å²) in [7, 11) is 0. The van der Waals surface area contributed by atoms with Gasteiger partial charge >= 0.3 is 0 Å². The first-order valence-electron chi connectivity index (χ1n) is 6.64. The Kier molecular flexibility index (Phi) is 3.87. The number of pyridine rings is 1. The van der Waals surface area contributed by atoms with Crippen molar-refractivity contribution in [1.29, 1.82) is 0 Å². The molecule has 0 amide bonds. The molecule has 1 saturated carbocycles. The molecule has 1 fully saturated rings. The molecule has 0 spiro atoms. The van der Waals surface area contributed by atoms with E-state index in [9.17, 15) is 0 Å². The monoisotopic (exact) mass is 233 g/mol. The van der Waals surface area contributed by atoms with Crippen LogP contribution < -0.4 is 11.1 Å². The fourth-order valence-electron chi connectivity index (χ4n) is 2.51. The lowest BCUT2D eigenvalue weighted by molar-refractivity contribution is 0.502. The molecule has 0 radical (unpaired) electrons. The van der Waals surface area contributed by atoms with Gasteiger partial charge in [0.15, 0.2) is 0 Å². The van der Waals surface area contributed by atoms with Crippen LogP contribution in [0.15, 0.2) is 12.3 Å². The van der Waals surface area contributed by atoms with Gasteiger partial charge in [0.25, 0.3) is 0 Å². The predicted molar refractivity (Wildman–Crippen MR) is 73.0 cm³/mol. The SMILES string of the molecule is Cc1ccnc(NC2CCCC(C)CC2)c1N. The Morgan fingerprint density at radius 3 is 2.94 bits per heavy atom. The highest BCUT2D eigenvalue weighted by atomic mass is 15.0. The van der Waals surface area contributed by atoms with E-state index in [4.69, 9.17) is 5.73 Å². The van der Waals surface area contributed by atoms with Gasteiger partial charge in [-0.3, -0.25) is 0 Å². The lowest BCUT2D eigenvalue weighted by Crippen LogP contribution is -2.20. The summed E-state index contributed by atoms with van der Waals surface area (Å²) in [6, 6.07) is 2.49. The third-order valence-electron chi connectivity index (χ3n) is 3.81. The van der Waals surface area contributed by atoms with Crippen molar-refractivity contribution in [3.8, 4) is 0 Å². The average Bonchev–Trinajstić information content (AvgIpc) is 2.50. The highest BCUT2D eigenvalue weighted by molar-refractivity contribution is 5.65. The number of nitrogens with zero attached hydrogens (tertiary/aromatic N) is 1. The van der Waals surface area contributed by atoms with Gasteiger partial charge in [0.2, 0.25) is 0 Å². The summed E-state index contributed by atoms with van der Waals surface area (Å²) in [6.07, 6.45) is 8.27. The van der Waals surface area contributed by atoms with E-state index in [2.05, 4.69) is 17.2 Å². The first kappa shape index (κ1) is 12.2. The number of aromatic nitrogens is 1. The van der Waals surface area contributed by atoms with Crippen molar-refractivity contribution in [2.75, 3.05) is 11.1 Å². The maximum atomic E-state index is 6.04. The molecule has 17 heavy (non-hydrogen) atoms. The smallest absolute Gasteiger partial charge is 0.149 e. The molecule has 1 aliphatic carbocycles. The Morgan fingerprint density at radius 1 is 1.29 bits per heavy atom. The molecule has 2 rings (SSSR count). The zero-order valence-corrected chi connectivity index (χ0v) is 10.9. The topological polar surface area (TPSA) is 50.9 Å². The standard InChI is InChI=1S/C14H23N3/c1-10-4-3-5-12(7-6-10)17-14-13(15)11(2)8-9-16-14/h8-10,12H,3-7,15H2,1-2H3,(H,16,17). The second kappa shape index (κ2) is 5.39. The van der Waals surface area contributed by atoms with E-state index >= 15 is 0 Å². The molecule has 0 saturated heterocycles. The number of nitrogens with two attached hydrogens (primary N) is 1. The Labute approximate surface area is 104 Å². The highest BCUT2D eigenvalue weighted by Gasteiger charge is 2.17. The van der Waals surface area contributed by atoms with Crippen molar-refractivity contribution in [3.63, 3.8) is 0 Å². The number of nitrogens with one attached hydrogen (secondary N) is 1. The van der Waals surface area contributed by atoms with Crippen LogP contribution in [-0.4, -0.2) is 11.0 Å². The maximum absolute atomic E-state index is 6.04. The van der Waals surface area contributed by atoms with Crippen molar-refractivity contribution < 1.29 is 0 Å². The number of nitrogen functional groups attached to an aromatic ring is 1. The first-order chi connectivity index (χ1) is 8.16. The van der Waals surface area contributed by atoms with Gasteiger partial charge in [-0.2, -0.15) is 0 Å². The highest BCUT2D eigenvalue weighted by Crippen LogP contribution is 2.26. The summed E-state index contributed by atoms with van der Waals surface area (Å²) in [5, 5.41) is 3.51. The van der Waals surface area contributed by atoms with Gasteiger partial charge in [-0.1, -0.05) is 19.8 Å². The summed E-state index contributed by atoms with van der Waals surface area (Å²) in [5.41, 5.74) is 7.94. The van der Waals surface area contributed by atoms with Gasteiger partial charge in [0.05, 0.1) is 5.69 Å². The van der Waals surface area contributed by atoms with E-state index in [1.54, 1.807) is 0 Å². The minimum atomic E-state index is 0.538. The summed E-state index contributed by atoms with van der Waals surface area (Å²) < 4.78 is 0. The van der Waals surface area contributed by atoms with E-state index in [-0.39, 0.29) is 0 Å².